The molecule has 2 atom stereocenters. The van der Waals surface area contributed by atoms with E-state index in [1.807, 2.05) is 6.07 Å². The zero-order valence-electron chi connectivity index (χ0n) is 11.0. The van der Waals surface area contributed by atoms with Crippen molar-refractivity contribution in [2.45, 2.75) is 26.2 Å². The fraction of sp³-hybridized carbons (Fsp3) is 0.714. The van der Waals surface area contributed by atoms with E-state index in [1.54, 1.807) is 0 Å². The average molecular weight is 247 g/mol. The van der Waals surface area contributed by atoms with Crippen LogP contribution >= 0.6 is 0 Å². The topological polar surface area (TPSA) is 56.1 Å². The van der Waals surface area contributed by atoms with E-state index < -0.39 is 0 Å². The second-order valence-corrected chi connectivity index (χ2v) is 4.90. The molecular formula is C14H21N3O. The Balaban J connectivity index is 2.46. The van der Waals surface area contributed by atoms with Crippen molar-refractivity contribution in [2.75, 3.05) is 26.2 Å². The van der Waals surface area contributed by atoms with E-state index in [9.17, 15) is 4.79 Å². The molecule has 1 heterocycles. The molecule has 0 aromatic heterocycles. The molecule has 2 unspecified atom stereocenters. The van der Waals surface area contributed by atoms with E-state index >= 15 is 0 Å². The highest BCUT2D eigenvalue weighted by Crippen LogP contribution is 2.23. The molecule has 1 aliphatic heterocycles. The molecule has 0 aromatic rings. The van der Waals surface area contributed by atoms with Crippen molar-refractivity contribution in [1.82, 2.24) is 10.2 Å². The molecule has 98 valence electrons. The van der Waals surface area contributed by atoms with Gasteiger partial charge in [0.1, 0.15) is 6.54 Å². The SMILES string of the molecule is C#CCN(CC#N)C(=O)CC(C)C1CCCNC1. The number of piperidine rings is 1. The first-order valence-electron chi connectivity index (χ1n) is 6.48. The third-order valence-electron chi connectivity index (χ3n) is 3.53. The van der Waals surface area contributed by atoms with Gasteiger partial charge in [-0.15, -0.1) is 6.42 Å². The zero-order valence-corrected chi connectivity index (χ0v) is 11.0. The van der Waals surface area contributed by atoms with Crippen molar-refractivity contribution in [1.29, 1.82) is 5.26 Å². The number of rotatable bonds is 5. The van der Waals surface area contributed by atoms with Gasteiger partial charge in [-0.1, -0.05) is 12.8 Å². The van der Waals surface area contributed by atoms with Crippen LogP contribution in [0.25, 0.3) is 0 Å². The van der Waals surface area contributed by atoms with Gasteiger partial charge in [-0.3, -0.25) is 4.79 Å². The van der Waals surface area contributed by atoms with Crippen LogP contribution in [-0.2, 0) is 4.79 Å². The second kappa shape index (κ2) is 7.74. The standard InChI is InChI=1S/C14H21N3O/c1-3-8-17(9-6-15)14(18)10-12(2)13-5-4-7-16-11-13/h1,12-13,16H,4-5,7-11H2,2H3. The smallest absolute Gasteiger partial charge is 0.224 e. The number of amides is 1. The molecule has 1 rings (SSSR count). The van der Waals surface area contributed by atoms with Gasteiger partial charge in [0, 0.05) is 6.42 Å². The maximum atomic E-state index is 12.0. The first-order valence-corrected chi connectivity index (χ1v) is 6.48. The molecular weight excluding hydrogens is 226 g/mol. The summed E-state index contributed by atoms with van der Waals surface area (Å²) in [4.78, 5) is 13.5. The molecule has 1 fully saturated rings. The fourth-order valence-corrected chi connectivity index (χ4v) is 2.36. The minimum absolute atomic E-state index is 0.00688. The van der Waals surface area contributed by atoms with Gasteiger partial charge in [0.15, 0.2) is 0 Å². The Morgan fingerprint density at radius 1 is 1.61 bits per heavy atom. The minimum atomic E-state index is -0.00688. The number of nitrogens with zero attached hydrogens (tertiary/aromatic N) is 2. The van der Waals surface area contributed by atoms with E-state index in [1.165, 1.54) is 17.7 Å². The molecule has 1 saturated heterocycles. The highest BCUT2D eigenvalue weighted by Gasteiger charge is 2.23. The van der Waals surface area contributed by atoms with Crippen LogP contribution in [0.5, 0.6) is 0 Å². The quantitative estimate of drug-likeness (QED) is 0.582. The van der Waals surface area contributed by atoms with E-state index in [0.29, 0.717) is 18.3 Å². The summed E-state index contributed by atoms with van der Waals surface area (Å²) in [5.41, 5.74) is 0. The normalized spacial score (nSPS) is 20.5. The zero-order chi connectivity index (χ0) is 13.4. The van der Waals surface area contributed by atoms with E-state index in [4.69, 9.17) is 11.7 Å². The molecule has 1 N–H and O–H groups in total. The summed E-state index contributed by atoms with van der Waals surface area (Å²) in [5, 5.41) is 12.0. The highest BCUT2D eigenvalue weighted by atomic mass is 16.2. The van der Waals surface area contributed by atoms with E-state index in [0.717, 1.165) is 13.1 Å². The van der Waals surface area contributed by atoms with Crippen LogP contribution in [0.15, 0.2) is 0 Å². The van der Waals surface area contributed by atoms with E-state index in [2.05, 4.69) is 18.2 Å². The Morgan fingerprint density at radius 2 is 2.39 bits per heavy atom. The molecule has 4 heteroatoms. The van der Waals surface area contributed by atoms with Crippen molar-refractivity contribution < 1.29 is 4.79 Å². The van der Waals surface area contributed by atoms with Crippen molar-refractivity contribution in [3.05, 3.63) is 0 Å². The Morgan fingerprint density at radius 3 is 2.94 bits per heavy atom. The number of hydrogen-bond acceptors (Lipinski definition) is 3. The van der Waals surface area contributed by atoms with Gasteiger partial charge in [-0.25, -0.2) is 0 Å². The van der Waals surface area contributed by atoms with Crippen LogP contribution in [0.3, 0.4) is 0 Å². The van der Waals surface area contributed by atoms with E-state index in [-0.39, 0.29) is 19.0 Å². The monoisotopic (exact) mass is 247 g/mol. The summed E-state index contributed by atoms with van der Waals surface area (Å²) in [5.74, 6) is 3.31. The van der Waals surface area contributed by atoms with Gasteiger partial charge in [-0.05, 0) is 37.8 Å². The van der Waals surface area contributed by atoms with Crippen LogP contribution in [0.2, 0.25) is 0 Å². The predicted molar refractivity (Wildman–Crippen MR) is 70.4 cm³/mol. The van der Waals surface area contributed by atoms with Crippen LogP contribution in [0.1, 0.15) is 26.2 Å². The molecule has 0 saturated carbocycles. The number of nitriles is 1. The minimum Gasteiger partial charge on any atom is -0.318 e. The third-order valence-corrected chi connectivity index (χ3v) is 3.53. The molecule has 18 heavy (non-hydrogen) atoms. The van der Waals surface area contributed by atoms with Gasteiger partial charge in [0.2, 0.25) is 5.91 Å². The number of carbonyl (C=O) groups excluding carboxylic acids is 1. The number of hydrogen-bond donors (Lipinski definition) is 1. The first kappa shape index (κ1) is 14.5. The molecule has 0 bridgehead atoms. The maximum Gasteiger partial charge on any atom is 0.224 e. The van der Waals surface area contributed by atoms with Crippen LogP contribution in [-0.4, -0.2) is 37.0 Å². The summed E-state index contributed by atoms with van der Waals surface area (Å²) in [6.45, 7) is 4.48. The molecule has 1 aliphatic rings. The van der Waals surface area contributed by atoms with Crippen molar-refractivity contribution in [2.24, 2.45) is 11.8 Å². The largest absolute Gasteiger partial charge is 0.318 e. The Bertz CT molecular complexity index is 331. The number of nitrogens with one attached hydrogen (secondary N) is 1. The predicted octanol–water partition coefficient (Wildman–Crippen LogP) is 0.998. The molecule has 0 radical (unpaired) electrons. The maximum absolute atomic E-state index is 12.0. The van der Waals surface area contributed by atoms with Crippen molar-refractivity contribution >= 4 is 5.91 Å². The van der Waals surface area contributed by atoms with Gasteiger partial charge >= 0.3 is 0 Å². The average Bonchev–Trinajstić information content (AvgIpc) is 2.39. The van der Waals surface area contributed by atoms with Crippen LogP contribution in [0, 0.1) is 35.5 Å². The lowest BCUT2D eigenvalue weighted by molar-refractivity contribution is -0.131. The van der Waals surface area contributed by atoms with Crippen LogP contribution < -0.4 is 5.32 Å². The molecule has 0 spiro atoms. The van der Waals surface area contributed by atoms with Crippen molar-refractivity contribution in [3.8, 4) is 18.4 Å². The van der Waals surface area contributed by atoms with Gasteiger partial charge in [0.25, 0.3) is 0 Å². The van der Waals surface area contributed by atoms with Gasteiger partial charge in [-0.2, -0.15) is 5.26 Å². The first-order chi connectivity index (χ1) is 8.69. The Labute approximate surface area is 109 Å². The van der Waals surface area contributed by atoms with Crippen molar-refractivity contribution in [3.63, 3.8) is 0 Å². The summed E-state index contributed by atoms with van der Waals surface area (Å²) in [7, 11) is 0. The Kier molecular flexibility index (Phi) is 6.25. The summed E-state index contributed by atoms with van der Waals surface area (Å²) in [6.07, 6.45) is 8.04. The van der Waals surface area contributed by atoms with Gasteiger partial charge in [0.05, 0.1) is 12.6 Å². The molecule has 1 amide bonds. The van der Waals surface area contributed by atoms with Crippen LogP contribution in [0.4, 0.5) is 0 Å². The van der Waals surface area contributed by atoms with Gasteiger partial charge < -0.3 is 10.2 Å². The lowest BCUT2D eigenvalue weighted by Gasteiger charge is -2.29. The second-order valence-electron chi connectivity index (χ2n) is 4.90. The summed E-state index contributed by atoms with van der Waals surface area (Å²) in [6, 6.07) is 1.98. The lowest BCUT2D eigenvalue weighted by Crippen LogP contribution is -2.37. The lowest BCUT2D eigenvalue weighted by atomic mass is 9.85. The fourth-order valence-electron chi connectivity index (χ4n) is 2.36. The summed E-state index contributed by atoms with van der Waals surface area (Å²) >= 11 is 0. The highest BCUT2D eigenvalue weighted by molar-refractivity contribution is 5.77. The molecule has 0 aliphatic carbocycles. The molecule has 0 aromatic carbocycles. The number of carbonyl (C=O) groups is 1. The number of terminal acetylenes is 1. The third kappa shape index (κ3) is 4.39. The summed E-state index contributed by atoms with van der Waals surface area (Å²) < 4.78 is 0. The Hall–Kier alpha value is -1.52. The molecule has 4 nitrogen and oxygen atoms in total.